The minimum atomic E-state index is -0.807. The highest BCUT2D eigenvalue weighted by atomic mass is 16.5. The van der Waals surface area contributed by atoms with Gasteiger partial charge in [0.15, 0.2) is 0 Å². The first-order valence-corrected chi connectivity index (χ1v) is 5.43. The predicted molar refractivity (Wildman–Crippen MR) is 62.9 cm³/mol. The largest absolute Gasteiger partial charge is 0.493 e. The van der Waals surface area contributed by atoms with E-state index in [4.69, 9.17) is 9.84 Å². The number of aliphatic carboxylic acids is 1. The van der Waals surface area contributed by atoms with Gasteiger partial charge in [-0.15, -0.1) is 0 Å². The summed E-state index contributed by atoms with van der Waals surface area (Å²) < 4.78 is 5.56. The third-order valence-electron chi connectivity index (χ3n) is 2.24. The summed E-state index contributed by atoms with van der Waals surface area (Å²) in [6.07, 6.45) is 0.0658. The summed E-state index contributed by atoms with van der Waals surface area (Å²) in [4.78, 5) is 10.6. The molecule has 3 nitrogen and oxygen atoms in total. The number of carboxylic acid groups (broad SMARTS) is 1. The highest BCUT2D eigenvalue weighted by Crippen LogP contribution is 2.18. The molecule has 0 unspecified atom stereocenters. The molecule has 0 aliphatic heterocycles. The molecular weight excluding hydrogens is 204 g/mol. The highest BCUT2D eigenvalue weighted by Gasteiger charge is 2.05. The molecule has 0 fully saturated rings. The number of rotatable bonds is 5. The van der Waals surface area contributed by atoms with Crippen LogP contribution >= 0.6 is 0 Å². The van der Waals surface area contributed by atoms with Gasteiger partial charge in [-0.2, -0.15) is 0 Å². The summed E-state index contributed by atoms with van der Waals surface area (Å²) in [6.45, 7) is 6.76. The molecule has 0 heterocycles. The molecule has 3 heteroatoms. The van der Waals surface area contributed by atoms with Crippen molar-refractivity contribution in [3.63, 3.8) is 0 Å². The van der Waals surface area contributed by atoms with Crippen LogP contribution in [0.5, 0.6) is 5.75 Å². The maximum absolute atomic E-state index is 10.6. The molecule has 1 aromatic rings. The molecule has 88 valence electrons. The SMILES string of the molecule is Cc1cc(OCC(C)C)ccc1CC(=O)O. The van der Waals surface area contributed by atoms with Crippen molar-refractivity contribution in [3.05, 3.63) is 29.3 Å². The van der Waals surface area contributed by atoms with E-state index in [1.807, 2.05) is 25.1 Å². The van der Waals surface area contributed by atoms with Crippen molar-refractivity contribution in [1.82, 2.24) is 0 Å². The van der Waals surface area contributed by atoms with E-state index in [1.165, 1.54) is 0 Å². The number of hydrogen-bond acceptors (Lipinski definition) is 2. The Morgan fingerprint density at radius 2 is 2.12 bits per heavy atom. The Labute approximate surface area is 96.1 Å². The Morgan fingerprint density at radius 3 is 2.62 bits per heavy atom. The first-order valence-electron chi connectivity index (χ1n) is 5.43. The van der Waals surface area contributed by atoms with Gasteiger partial charge in [-0.1, -0.05) is 19.9 Å². The molecular formula is C13H18O3. The predicted octanol–water partition coefficient (Wildman–Crippen LogP) is 2.66. The van der Waals surface area contributed by atoms with E-state index in [2.05, 4.69) is 13.8 Å². The third kappa shape index (κ3) is 3.93. The average Bonchev–Trinajstić information content (AvgIpc) is 2.18. The number of carboxylic acids is 1. The van der Waals surface area contributed by atoms with E-state index in [0.717, 1.165) is 16.9 Å². The van der Waals surface area contributed by atoms with Crippen LogP contribution in [0.2, 0.25) is 0 Å². The van der Waals surface area contributed by atoms with Gasteiger partial charge in [-0.25, -0.2) is 0 Å². The van der Waals surface area contributed by atoms with Crippen molar-refractivity contribution < 1.29 is 14.6 Å². The maximum atomic E-state index is 10.6. The minimum Gasteiger partial charge on any atom is -0.493 e. The second kappa shape index (κ2) is 5.54. The first-order chi connectivity index (χ1) is 7.49. The van der Waals surface area contributed by atoms with Gasteiger partial charge in [0.05, 0.1) is 13.0 Å². The molecule has 0 spiro atoms. The summed E-state index contributed by atoms with van der Waals surface area (Å²) in [7, 11) is 0. The molecule has 16 heavy (non-hydrogen) atoms. The highest BCUT2D eigenvalue weighted by molar-refractivity contribution is 5.70. The van der Waals surface area contributed by atoms with E-state index >= 15 is 0 Å². The van der Waals surface area contributed by atoms with Crippen LogP contribution in [-0.4, -0.2) is 17.7 Å². The van der Waals surface area contributed by atoms with E-state index in [9.17, 15) is 4.79 Å². The molecule has 0 aromatic heterocycles. The average molecular weight is 222 g/mol. The second-order valence-electron chi connectivity index (χ2n) is 4.36. The summed E-state index contributed by atoms with van der Waals surface area (Å²) in [5.74, 6) is 0.485. The summed E-state index contributed by atoms with van der Waals surface area (Å²) in [5.41, 5.74) is 1.80. The summed E-state index contributed by atoms with van der Waals surface area (Å²) in [6, 6.07) is 5.54. The van der Waals surface area contributed by atoms with Crippen molar-refractivity contribution in [3.8, 4) is 5.75 Å². The molecule has 0 aliphatic carbocycles. The van der Waals surface area contributed by atoms with Gasteiger partial charge in [0.1, 0.15) is 5.75 Å². The van der Waals surface area contributed by atoms with Crippen LogP contribution in [0.25, 0.3) is 0 Å². The van der Waals surface area contributed by atoms with Crippen LogP contribution in [0.1, 0.15) is 25.0 Å². The molecule has 0 atom stereocenters. The number of benzene rings is 1. The van der Waals surface area contributed by atoms with Gasteiger partial charge in [0.25, 0.3) is 0 Å². The molecule has 1 N–H and O–H groups in total. The lowest BCUT2D eigenvalue weighted by molar-refractivity contribution is -0.136. The topological polar surface area (TPSA) is 46.5 Å². The van der Waals surface area contributed by atoms with Crippen LogP contribution < -0.4 is 4.74 Å². The van der Waals surface area contributed by atoms with Gasteiger partial charge < -0.3 is 9.84 Å². The number of aryl methyl sites for hydroxylation is 1. The van der Waals surface area contributed by atoms with Gasteiger partial charge in [0.2, 0.25) is 0 Å². The van der Waals surface area contributed by atoms with Gasteiger partial charge in [-0.05, 0) is 36.1 Å². The molecule has 0 saturated heterocycles. The number of ether oxygens (including phenoxy) is 1. The van der Waals surface area contributed by atoms with Crippen molar-refractivity contribution in [2.24, 2.45) is 5.92 Å². The van der Waals surface area contributed by atoms with Crippen molar-refractivity contribution in [2.75, 3.05) is 6.61 Å². The fourth-order valence-electron chi connectivity index (χ4n) is 1.38. The Bertz CT molecular complexity index is 369. The Balaban J connectivity index is 2.70. The van der Waals surface area contributed by atoms with Gasteiger partial charge in [0, 0.05) is 0 Å². The normalized spacial score (nSPS) is 10.5. The van der Waals surface area contributed by atoms with Crippen molar-refractivity contribution >= 4 is 5.97 Å². The fraction of sp³-hybridized carbons (Fsp3) is 0.462. The smallest absolute Gasteiger partial charge is 0.307 e. The molecule has 0 saturated carbocycles. The van der Waals surface area contributed by atoms with Crippen LogP contribution in [0, 0.1) is 12.8 Å². The molecule has 0 amide bonds. The number of carbonyl (C=O) groups is 1. The Morgan fingerprint density at radius 1 is 1.44 bits per heavy atom. The van der Waals surface area contributed by atoms with Crippen LogP contribution in [-0.2, 0) is 11.2 Å². The molecule has 0 bridgehead atoms. The van der Waals surface area contributed by atoms with Crippen molar-refractivity contribution in [2.45, 2.75) is 27.2 Å². The van der Waals surface area contributed by atoms with Gasteiger partial charge in [-0.3, -0.25) is 4.79 Å². The van der Waals surface area contributed by atoms with E-state index < -0.39 is 5.97 Å². The lowest BCUT2D eigenvalue weighted by atomic mass is 10.1. The lowest BCUT2D eigenvalue weighted by Gasteiger charge is -2.10. The number of hydrogen-bond donors (Lipinski definition) is 1. The van der Waals surface area contributed by atoms with E-state index in [0.29, 0.717) is 12.5 Å². The standard InChI is InChI=1S/C13H18O3/c1-9(2)8-16-12-5-4-11(7-13(14)15)10(3)6-12/h4-6,9H,7-8H2,1-3H3,(H,14,15). The zero-order valence-corrected chi connectivity index (χ0v) is 9.99. The lowest BCUT2D eigenvalue weighted by Crippen LogP contribution is -2.06. The first kappa shape index (κ1) is 12.6. The molecule has 1 aromatic carbocycles. The molecule has 0 radical (unpaired) electrons. The summed E-state index contributed by atoms with van der Waals surface area (Å²) >= 11 is 0. The monoisotopic (exact) mass is 222 g/mol. The quantitative estimate of drug-likeness (QED) is 0.833. The Hall–Kier alpha value is -1.51. The maximum Gasteiger partial charge on any atom is 0.307 e. The third-order valence-corrected chi connectivity index (χ3v) is 2.24. The minimum absolute atomic E-state index is 0.0658. The molecule has 1 rings (SSSR count). The summed E-state index contributed by atoms with van der Waals surface area (Å²) in [5, 5.41) is 8.71. The zero-order chi connectivity index (χ0) is 12.1. The van der Waals surface area contributed by atoms with Crippen LogP contribution in [0.3, 0.4) is 0 Å². The van der Waals surface area contributed by atoms with Crippen LogP contribution in [0.15, 0.2) is 18.2 Å². The second-order valence-corrected chi connectivity index (χ2v) is 4.36. The molecule has 0 aliphatic rings. The Kier molecular flexibility index (Phi) is 4.35. The van der Waals surface area contributed by atoms with Crippen LogP contribution in [0.4, 0.5) is 0 Å². The zero-order valence-electron chi connectivity index (χ0n) is 9.99. The van der Waals surface area contributed by atoms with E-state index in [1.54, 1.807) is 0 Å². The van der Waals surface area contributed by atoms with Gasteiger partial charge >= 0.3 is 5.97 Å². The van der Waals surface area contributed by atoms with E-state index in [-0.39, 0.29) is 6.42 Å². The fourth-order valence-corrected chi connectivity index (χ4v) is 1.38. The van der Waals surface area contributed by atoms with Crippen molar-refractivity contribution in [1.29, 1.82) is 0 Å².